The highest BCUT2D eigenvalue weighted by molar-refractivity contribution is 9.10. The first-order valence-corrected chi connectivity index (χ1v) is 10.2. The Bertz CT molecular complexity index is 699. The second kappa shape index (κ2) is 6.91. The molecular weight excluding hydrogens is 428 g/mol. The maximum absolute atomic E-state index is 3.58. The molecule has 0 saturated carbocycles. The molecule has 2 fully saturated rings. The van der Waals surface area contributed by atoms with E-state index >= 15 is 0 Å². The molecule has 3 atom stereocenters. The van der Waals surface area contributed by atoms with Crippen LogP contribution >= 0.6 is 31.9 Å². The third kappa shape index (κ3) is 3.10. The molecule has 2 aromatic carbocycles. The largest absolute Gasteiger partial charge is 0.296 e. The van der Waals surface area contributed by atoms with Gasteiger partial charge in [0, 0.05) is 21.5 Å². The average Bonchev–Trinajstić information content (AvgIpc) is 3.03. The molecule has 3 unspecified atom stereocenters. The number of likely N-dealkylation sites (N-methyl/N-ethyl adjacent to an activating group) is 1. The van der Waals surface area contributed by atoms with Crippen molar-refractivity contribution in [1.82, 2.24) is 9.80 Å². The van der Waals surface area contributed by atoms with Gasteiger partial charge in [0.1, 0.15) is 0 Å². The highest BCUT2D eigenvalue weighted by Gasteiger charge is 2.43. The Kier molecular flexibility index (Phi) is 4.83. The van der Waals surface area contributed by atoms with Crippen LogP contribution in [0.2, 0.25) is 0 Å². The predicted octanol–water partition coefficient (Wildman–Crippen LogP) is 5.40. The van der Waals surface area contributed by atoms with Gasteiger partial charge in [-0.1, -0.05) is 56.1 Å². The van der Waals surface area contributed by atoms with Gasteiger partial charge >= 0.3 is 0 Å². The zero-order valence-electron chi connectivity index (χ0n) is 13.8. The topological polar surface area (TPSA) is 6.48 Å². The lowest BCUT2D eigenvalue weighted by atomic mass is 9.88. The van der Waals surface area contributed by atoms with Gasteiger partial charge in [0.15, 0.2) is 0 Å². The Morgan fingerprint density at radius 2 is 1.38 bits per heavy atom. The molecule has 2 heterocycles. The van der Waals surface area contributed by atoms with Crippen molar-refractivity contribution in [2.24, 2.45) is 0 Å². The summed E-state index contributed by atoms with van der Waals surface area (Å²) in [5, 5.41) is 0. The van der Waals surface area contributed by atoms with Gasteiger partial charge in [-0.15, -0.1) is 0 Å². The first kappa shape index (κ1) is 16.8. The van der Waals surface area contributed by atoms with Crippen LogP contribution in [0.25, 0.3) is 0 Å². The lowest BCUT2D eigenvalue weighted by Crippen LogP contribution is -2.52. The molecule has 2 aliphatic heterocycles. The molecule has 0 aliphatic carbocycles. The van der Waals surface area contributed by atoms with Gasteiger partial charge in [0.25, 0.3) is 0 Å². The maximum Gasteiger partial charge on any atom is 0.0548 e. The van der Waals surface area contributed by atoms with Crippen LogP contribution in [0.4, 0.5) is 0 Å². The summed E-state index contributed by atoms with van der Waals surface area (Å²) < 4.78 is 2.29. The summed E-state index contributed by atoms with van der Waals surface area (Å²) in [4.78, 5) is 5.30. The van der Waals surface area contributed by atoms with E-state index in [0.29, 0.717) is 18.1 Å². The van der Waals surface area contributed by atoms with Gasteiger partial charge in [0.2, 0.25) is 0 Å². The number of halogens is 2. The molecule has 2 saturated heterocycles. The van der Waals surface area contributed by atoms with Gasteiger partial charge in [-0.25, -0.2) is 0 Å². The molecule has 4 heteroatoms. The van der Waals surface area contributed by atoms with Crippen LogP contribution in [0, 0.1) is 0 Å². The zero-order chi connectivity index (χ0) is 16.7. The van der Waals surface area contributed by atoms with Crippen molar-refractivity contribution >= 4 is 31.9 Å². The molecule has 0 amide bonds. The van der Waals surface area contributed by atoms with E-state index in [0.717, 1.165) is 15.5 Å². The average molecular weight is 450 g/mol. The Morgan fingerprint density at radius 1 is 0.833 bits per heavy atom. The van der Waals surface area contributed by atoms with E-state index in [-0.39, 0.29) is 0 Å². The molecule has 0 bridgehead atoms. The minimum atomic E-state index is 0.397. The smallest absolute Gasteiger partial charge is 0.0548 e. The lowest BCUT2D eigenvalue weighted by molar-refractivity contribution is 0.0109. The fraction of sp³-hybridized carbons (Fsp3) is 0.400. The fourth-order valence-electron chi connectivity index (χ4n) is 4.42. The van der Waals surface area contributed by atoms with Crippen molar-refractivity contribution in [3.8, 4) is 0 Å². The highest BCUT2D eigenvalue weighted by atomic mass is 79.9. The number of hydrogen-bond donors (Lipinski definition) is 0. The first-order valence-electron chi connectivity index (χ1n) is 8.60. The van der Waals surface area contributed by atoms with E-state index < -0.39 is 0 Å². The Morgan fingerprint density at radius 3 is 1.96 bits per heavy atom. The van der Waals surface area contributed by atoms with Crippen molar-refractivity contribution in [2.45, 2.75) is 31.0 Å². The predicted molar refractivity (Wildman–Crippen MR) is 106 cm³/mol. The highest BCUT2D eigenvalue weighted by Crippen LogP contribution is 2.45. The molecule has 0 aromatic heterocycles. The van der Waals surface area contributed by atoms with E-state index in [1.165, 1.54) is 30.5 Å². The molecule has 2 aromatic rings. The number of fused-ring (bicyclic) bond motifs is 1. The van der Waals surface area contributed by atoms with Crippen molar-refractivity contribution < 1.29 is 0 Å². The van der Waals surface area contributed by atoms with Crippen LogP contribution in [0.5, 0.6) is 0 Å². The minimum absolute atomic E-state index is 0.397. The van der Waals surface area contributed by atoms with Crippen LogP contribution in [-0.4, -0.2) is 36.0 Å². The van der Waals surface area contributed by atoms with E-state index in [2.05, 4.69) is 97.2 Å². The zero-order valence-corrected chi connectivity index (χ0v) is 17.0. The van der Waals surface area contributed by atoms with Crippen LogP contribution < -0.4 is 0 Å². The molecule has 126 valence electrons. The van der Waals surface area contributed by atoms with Crippen molar-refractivity contribution in [3.63, 3.8) is 0 Å². The van der Waals surface area contributed by atoms with Crippen LogP contribution in [0.3, 0.4) is 0 Å². The van der Waals surface area contributed by atoms with Crippen LogP contribution in [-0.2, 0) is 0 Å². The summed E-state index contributed by atoms with van der Waals surface area (Å²) in [6.45, 7) is 2.38. The summed E-state index contributed by atoms with van der Waals surface area (Å²) in [6.07, 6.45) is 2.64. The standard InChI is InChI=1S/C20H22Br2N2/c1-23-13-18-3-2-12-24(18)20(15-6-10-17(22)11-7-15)19(23)14-4-8-16(21)9-5-14/h4-11,18-20H,2-3,12-13H2,1H3. The number of hydrogen-bond acceptors (Lipinski definition) is 2. The molecule has 4 rings (SSSR count). The number of piperazine rings is 1. The van der Waals surface area contributed by atoms with E-state index in [4.69, 9.17) is 0 Å². The summed E-state index contributed by atoms with van der Waals surface area (Å²) in [5.41, 5.74) is 2.82. The molecule has 0 radical (unpaired) electrons. The van der Waals surface area contributed by atoms with Crippen molar-refractivity contribution in [3.05, 3.63) is 68.6 Å². The fourth-order valence-corrected chi connectivity index (χ4v) is 4.95. The Hall–Kier alpha value is -0.680. The van der Waals surface area contributed by atoms with Crippen molar-refractivity contribution in [2.75, 3.05) is 20.1 Å². The van der Waals surface area contributed by atoms with Crippen LogP contribution in [0.1, 0.15) is 36.1 Å². The number of nitrogens with zero attached hydrogens (tertiary/aromatic N) is 2. The lowest BCUT2D eigenvalue weighted by Gasteiger charge is -2.49. The summed E-state index contributed by atoms with van der Waals surface area (Å²) in [5.74, 6) is 0. The van der Waals surface area contributed by atoms with Crippen LogP contribution in [0.15, 0.2) is 57.5 Å². The molecule has 0 spiro atoms. The third-order valence-electron chi connectivity index (χ3n) is 5.48. The van der Waals surface area contributed by atoms with E-state index in [1.54, 1.807) is 0 Å². The number of rotatable bonds is 2. The van der Waals surface area contributed by atoms with E-state index in [9.17, 15) is 0 Å². The summed E-state index contributed by atoms with van der Waals surface area (Å²) in [6, 6.07) is 19.3. The Labute approximate surface area is 161 Å². The minimum Gasteiger partial charge on any atom is -0.296 e. The monoisotopic (exact) mass is 448 g/mol. The molecule has 0 N–H and O–H groups in total. The normalized spacial score (nSPS) is 28.0. The van der Waals surface area contributed by atoms with Gasteiger partial charge in [0.05, 0.1) is 12.1 Å². The second-order valence-electron chi connectivity index (χ2n) is 6.97. The molecular formula is C20H22Br2N2. The quantitative estimate of drug-likeness (QED) is 0.605. The van der Waals surface area contributed by atoms with Gasteiger partial charge < -0.3 is 0 Å². The van der Waals surface area contributed by atoms with Gasteiger partial charge in [-0.3, -0.25) is 9.80 Å². The molecule has 2 aliphatic rings. The molecule has 2 nitrogen and oxygen atoms in total. The van der Waals surface area contributed by atoms with Gasteiger partial charge in [-0.05, 0) is 61.8 Å². The third-order valence-corrected chi connectivity index (χ3v) is 6.53. The number of benzene rings is 2. The Balaban J connectivity index is 1.78. The summed E-state index contributed by atoms with van der Waals surface area (Å²) in [7, 11) is 2.29. The van der Waals surface area contributed by atoms with Gasteiger partial charge in [-0.2, -0.15) is 0 Å². The van der Waals surface area contributed by atoms with E-state index in [1.807, 2.05) is 0 Å². The van der Waals surface area contributed by atoms with Crippen molar-refractivity contribution in [1.29, 1.82) is 0 Å². The SMILES string of the molecule is CN1CC2CCCN2C(c2ccc(Br)cc2)C1c1ccc(Br)cc1. The maximum atomic E-state index is 3.58. The second-order valence-corrected chi connectivity index (χ2v) is 8.80. The first-order chi connectivity index (χ1) is 11.6. The summed E-state index contributed by atoms with van der Waals surface area (Å²) >= 11 is 7.14. The molecule has 24 heavy (non-hydrogen) atoms.